The fourth-order valence-electron chi connectivity index (χ4n) is 1.18. The molecule has 1 N–H and O–H groups in total. The van der Waals surface area contributed by atoms with Gasteiger partial charge in [0.2, 0.25) is 0 Å². The van der Waals surface area contributed by atoms with Crippen molar-refractivity contribution in [1.82, 2.24) is 5.32 Å². The molecule has 0 saturated carbocycles. The van der Waals surface area contributed by atoms with Crippen LogP contribution in [0.3, 0.4) is 0 Å². The van der Waals surface area contributed by atoms with Gasteiger partial charge in [-0.05, 0) is 30.3 Å². The van der Waals surface area contributed by atoms with Gasteiger partial charge in [-0.2, -0.15) is 0 Å². The second-order valence-electron chi connectivity index (χ2n) is 3.16. The maximum atomic E-state index is 11.6. The van der Waals surface area contributed by atoms with E-state index in [0.29, 0.717) is 0 Å². The van der Waals surface area contributed by atoms with E-state index in [1.165, 1.54) is 5.56 Å². The molecule has 3 heteroatoms. The van der Waals surface area contributed by atoms with Crippen LogP contribution in [0.2, 0.25) is 0 Å². The van der Waals surface area contributed by atoms with Gasteiger partial charge in [0.1, 0.15) is 0 Å². The smallest absolute Gasteiger partial charge is 0.251 e. The Morgan fingerprint density at radius 2 is 2.29 bits per heavy atom. The first-order valence-corrected chi connectivity index (χ1v) is 5.66. The maximum Gasteiger partial charge on any atom is 0.251 e. The molecule has 76 valence electrons. The summed E-state index contributed by atoms with van der Waals surface area (Å²) in [6.07, 6.45) is 1.85. The molecule has 0 heterocycles. The van der Waals surface area contributed by atoms with Gasteiger partial charge in [-0.3, -0.25) is 4.79 Å². The average Bonchev–Trinajstić information content (AvgIpc) is 2.26. The lowest BCUT2D eigenvalue weighted by atomic mass is 10.1. The van der Waals surface area contributed by atoms with Gasteiger partial charge in [-0.15, -0.1) is 9.24 Å². The van der Waals surface area contributed by atoms with Gasteiger partial charge < -0.3 is 5.32 Å². The van der Waals surface area contributed by atoms with E-state index in [0.717, 1.165) is 24.7 Å². The minimum atomic E-state index is 0.0205. The summed E-state index contributed by atoms with van der Waals surface area (Å²) < 4.78 is 0. The van der Waals surface area contributed by atoms with E-state index in [2.05, 4.69) is 14.6 Å². The second-order valence-corrected chi connectivity index (χ2v) is 3.57. The zero-order chi connectivity index (χ0) is 10.4. The molecule has 1 unspecified atom stereocenters. The second kappa shape index (κ2) is 5.77. The zero-order valence-corrected chi connectivity index (χ0v) is 9.57. The molecule has 2 nitrogen and oxygen atoms in total. The monoisotopic (exact) mass is 209 g/mol. The van der Waals surface area contributed by atoms with Crippen molar-refractivity contribution in [2.24, 2.45) is 0 Å². The van der Waals surface area contributed by atoms with Crippen LogP contribution in [0.1, 0.15) is 29.3 Å². The van der Waals surface area contributed by atoms with Gasteiger partial charge in [-0.25, -0.2) is 0 Å². The van der Waals surface area contributed by atoms with E-state index in [-0.39, 0.29) is 5.91 Å². The molecule has 0 aliphatic carbocycles. The predicted octanol–water partition coefficient (Wildman–Crippen LogP) is 2.20. The SMILES string of the molecule is CCCNC(=O)c1cccc(CP)c1. The number of carbonyl (C=O) groups excluding carboxylic acids is 1. The predicted molar refractivity (Wildman–Crippen MR) is 62.5 cm³/mol. The molecule has 1 aromatic rings. The van der Waals surface area contributed by atoms with Crippen molar-refractivity contribution in [1.29, 1.82) is 0 Å². The van der Waals surface area contributed by atoms with Crippen molar-refractivity contribution in [2.75, 3.05) is 6.54 Å². The fourth-order valence-corrected chi connectivity index (χ4v) is 1.43. The highest BCUT2D eigenvalue weighted by Crippen LogP contribution is 2.08. The molecule has 1 rings (SSSR count). The molecule has 1 amide bonds. The average molecular weight is 209 g/mol. The first kappa shape index (κ1) is 11.2. The summed E-state index contributed by atoms with van der Waals surface area (Å²) in [6, 6.07) is 7.71. The third-order valence-electron chi connectivity index (χ3n) is 1.96. The quantitative estimate of drug-likeness (QED) is 0.757. The highest BCUT2D eigenvalue weighted by Gasteiger charge is 2.03. The lowest BCUT2D eigenvalue weighted by Gasteiger charge is -2.04. The highest BCUT2D eigenvalue weighted by molar-refractivity contribution is 7.15. The number of hydrogen-bond acceptors (Lipinski definition) is 1. The molecule has 0 aliphatic heterocycles. The third kappa shape index (κ3) is 3.12. The van der Waals surface area contributed by atoms with Crippen molar-refractivity contribution < 1.29 is 4.79 Å². The van der Waals surface area contributed by atoms with Crippen LogP contribution in [0.25, 0.3) is 0 Å². The standard InChI is InChI=1S/C11H16NOP/c1-2-6-12-11(13)10-5-3-4-9(7-10)8-14/h3-5,7H,2,6,8,14H2,1H3,(H,12,13). The molecule has 1 atom stereocenters. The van der Waals surface area contributed by atoms with Crippen LogP contribution < -0.4 is 5.32 Å². The molecule has 14 heavy (non-hydrogen) atoms. The van der Waals surface area contributed by atoms with E-state index < -0.39 is 0 Å². The van der Waals surface area contributed by atoms with Crippen LogP contribution >= 0.6 is 9.24 Å². The molecule has 0 radical (unpaired) electrons. The van der Waals surface area contributed by atoms with E-state index in [9.17, 15) is 4.79 Å². The molecular formula is C11H16NOP. The number of carbonyl (C=O) groups is 1. The molecule has 0 fully saturated rings. The number of hydrogen-bond donors (Lipinski definition) is 1. The van der Waals surface area contributed by atoms with E-state index in [1.54, 1.807) is 0 Å². The summed E-state index contributed by atoms with van der Waals surface area (Å²) in [5, 5.41) is 2.85. The van der Waals surface area contributed by atoms with Crippen LogP contribution in [0.5, 0.6) is 0 Å². The molecule has 1 aromatic carbocycles. The Hall–Kier alpha value is -0.880. The Balaban J connectivity index is 2.69. The molecule has 0 aromatic heterocycles. The summed E-state index contributed by atoms with van der Waals surface area (Å²) in [6.45, 7) is 2.78. The minimum Gasteiger partial charge on any atom is -0.352 e. The van der Waals surface area contributed by atoms with Gasteiger partial charge in [-0.1, -0.05) is 19.1 Å². The number of rotatable bonds is 4. The minimum absolute atomic E-state index is 0.0205. The van der Waals surface area contributed by atoms with Crippen molar-refractivity contribution in [3.05, 3.63) is 35.4 Å². The van der Waals surface area contributed by atoms with Crippen molar-refractivity contribution in [3.8, 4) is 0 Å². The van der Waals surface area contributed by atoms with Crippen molar-refractivity contribution in [3.63, 3.8) is 0 Å². The topological polar surface area (TPSA) is 29.1 Å². The van der Waals surface area contributed by atoms with Gasteiger partial charge in [0.25, 0.3) is 5.91 Å². The summed E-state index contributed by atoms with van der Waals surface area (Å²) in [5.41, 5.74) is 1.91. The fraction of sp³-hybridized carbons (Fsp3) is 0.364. The van der Waals surface area contributed by atoms with E-state index >= 15 is 0 Å². The normalized spacial score (nSPS) is 9.86. The maximum absolute atomic E-state index is 11.6. The lowest BCUT2D eigenvalue weighted by molar-refractivity contribution is 0.0953. The van der Waals surface area contributed by atoms with Gasteiger partial charge in [0.15, 0.2) is 0 Å². The number of nitrogens with one attached hydrogen (secondary N) is 1. The zero-order valence-electron chi connectivity index (χ0n) is 8.42. The van der Waals surface area contributed by atoms with Crippen LogP contribution in [-0.4, -0.2) is 12.5 Å². The van der Waals surface area contributed by atoms with E-state index in [1.807, 2.05) is 31.2 Å². The summed E-state index contributed by atoms with van der Waals surface area (Å²) in [7, 11) is 2.65. The van der Waals surface area contributed by atoms with Gasteiger partial charge in [0, 0.05) is 12.1 Å². The summed E-state index contributed by atoms with van der Waals surface area (Å²) in [4.78, 5) is 11.6. The third-order valence-corrected chi connectivity index (χ3v) is 2.43. The largest absolute Gasteiger partial charge is 0.352 e. The molecule has 0 bridgehead atoms. The van der Waals surface area contributed by atoms with Crippen LogP contribution in [0, 0.1) is 0 Å². The Labute approximate surface area is 87.3 Å². The van der Waals surface area contributed by atoms with Gasteiger partial charge in [0.05, 0.1) is 0 Å². The first-order valence-electron chi connectivity index (χ1n) is 4.85. The van der Waals surface area contributed by atoms with Crippen molar-refractivity contribution in [2.45, 2.75) is 19.5 Å². The van der Waals surface area contributed by atoms with Crippen molar-refractivity contribution >= 4 is 15.1 Å². The Morgan fingerprint density at radius 1 is 1.50 bits per heavy atom. The van der Waals surface area contributed by atoms with Crippen LogP contribution in [0.15, 0.2) is 24.3 Å². The summed E-state index contributed by atoms with van der Waals surface area (Å²) in [5.74, 6) is 0.0205. The number of benzene rings is 1. The Morgan fingerprint density at radius 3 is 2.93 bits per heavy atom. The van der Waals surface area contributed by atoms with Gasteiger partial charge >= 0.3 is 0 Å². The Bertz CT molecular complexity index is 312. The van der Waals surface area contributed by atoms with Crippen LogP contribution in [0.4, 0.5) is 0 Å². The highest BCUT2D eigenvalue weighted by atomic mass is 31.0. The molecular weight excluding hydrogens is 193 g/mol. The Kier molecular flexibility index (Phi) is 4.61. The lowest BCUT2D eigenvalue weighted by Crippen LogP contribution is -2.23. The molecule has 0 aliphatic rings. The molecule has 0 spiro atoms. The number of amides is 1. The van der Waals surface area contributed by atoms with E-state index in [4.69, 9.17) is 0 Å². The molecule has 0 saturated heterocycles. The summed E-state index contributed by atoms with van der Waals surface area (Å²) >= 11 is 0. The first-order chi connectivity index (χ1) is 6.77. The van der Waals surface area contributed by atoms with Crippen LogP contribution in [-0.2, 0) is 6.16 Å².